The molecular formula is C15H16ClN3S. The van der Waals surface area contributed by atoms with Crippen LogP contribution in [0.3, 0.4) is 0 Å². The highest BCUT2D eigenvalue weighted by Crippen LogP contribution is 2.26. The van der Waals surface area contributed by atoms with Crippen LogP contribution in [-0.2, 0) is 6.54 Å². The molecule has 0 saturated heterocycles. The number of nitrogens with zero attached hydrogens (tertiary/aromatic N) is 3. The third-order valence-corrected chi connectivity index (χ3v) is 4.40. The molecule has 0 radical (unpaired) electrons. The molecule has 5 heteroatoms. The van der Waals surface area contributed by atoms with Crippen LogP contribution in [0.5, 0.6) is 0 Å². The smallest absolute Gasteiger partial charge is 0.160 e. The van der Waals surface area contributed by atoms with E-state index in [-0.39, 0.29) is 5.38 Å². The van der Waals surface area contributed by atoms with Gasteiger partial charge in [0.15, 0.2) is 5.65 Å². The molecule has 3 aromatic heterocycles. The fourth-order valence-electron chi connectivity index (χ4n) is 2.31. The molecule has 0 fully saturated rings. The maximum absolute atomic E-state index is 6.28. The Labute approximate surface area is 127 Å². The van der Waals surface area contributed by atoms with E-state index in [4.69, 9.17) is 11.6 Å². The van der Waals surface area contributed by atoms with Gasteiger partial charge in [0.25, 0.3) is 0 Å². The topological polar surface area (TPSA) is 30.7 Å². The van der Waals surface area contributed by atoms with Crippen molar-refractivity contribution in [2.24, 2.45) is 0 Å². The molecule has 20 heavy (non-hydrogen) atoms. The van der Waals surface area contributed by atoms with E-state index in [1.807, 2.05) is 20.0 Å². The second kappa shape index (κ2) is 5.19. The molecule has 0 spiro atoms. The molecule has 1 unspecified atom stereocenters. The molecule has 0 aliphatic heterocycles. The van der Waals surface area contributed by atoms with E-state index in [1.165, 1.54) is 9.75 Å². The zero-order chi connectivity index (χ0) is 14.3. The molecule has 0 aliphatic rings. The van der Waals surface area contributed by atoms with Crippen LogP contribution in [-0.4, -0.2) is 14.5 Å². The molecule has 0 aliphatic carbocycles. The highest BCUT2D eigenvalue weighted by molar-refractivity contribution is 7.11. The number of hydrogen-bond acceptors (Lipinski definition) is 3. The summed E-state index contributed by atoms with van der Waals surface area (Å²) in [6.07, 6.45) is 1.88. The van der Waals surface area contributed by atoms with Crippen LogP contribution in [0.15, 0.2) is 24.4 Å². The minimum Gasteiger partial charge on any atom is -0.306 e. The molecule has 0 bridgehead atoms. The van der Waals surface area contributed by atoms with E-state index >= 15 is 0 Å². The lowest BCUT2D eigenvalue weighted by Gasteiger charge is -2.08. The Morgan fingerprint density at radius 1 is 1.35 bits per heavy atom. The molecule has 0 aromatic carbocycles. The predicted molar refractivity (Wildman–Crippen MR) is 84.7 cm³/mol. The second-order valence-electron chi connectivity index (χ2n) is 5.04. The van der Waals surface area contributed by atoms with Crippen LogP contribution in [0.1, 0.15) is 33.4 Å². The number of alkyl halides is 1. The summed E-state index contributed by atoms with van der Waals surface area (Å²) in [5.74, 6) is 0.880. The number of fused-ring (bicyclic) bond motifs is 1. The first-order chi connectivity index (χ1) is 9.54. The van der Waals surface area contributed by atoms with E-state index in [0.717, 1.165) is 29.1 Å². The van der Waals surface area contributed by atoms with Crippen LogP contribution in [0, 0.1) is 13.8 Å². The number of aromatic nitrogens is 3. The van der Waals surface area contributed by atoms with E-state index < -0.39 is 0 Å². The minimum atomic E-state index is -0.134. The number of rotatable bonds is 3. The number of pyridine rings is 1. The lowest BCUT2D eigenvalue weighted by Crippen LogP contribution is -2.05. The summed E-state index contributed by atoms with van der Waals surface area (Å²) in [6.45, 7) is 6.87. The van der Waals surface area contributed by atoms with Crippen LogP contribution < -0.4 is 0 Å². The predicted octanol–water partition coefficient (Wildman–Crippen LogP) is 4.46. The molecule has 3 nitrogen and oxygen atoms in total. The molecule has 1 atom stereocenters. The highest BCUT2D eigenvalue weighted by Gasteiger charge is 2.16. The first kappa shape index (κ1) is 13.6. The average Bonchev–Trinajstić information content (AvgIpc) is 2.94. The van der Waals surface area contributed by atoms with Crippen molar-refractivity contribution in [1.82, 2.24) is 14.5 Å². The third-order valence-electron chi connectivity index (χ3n) is 3.22. The molecule has 0 amide bonds. The van der Waals surface area contributed by atoms with Crippen LogP contribution in [0.2, 0.25) is 0 Å². The van der Waals surface area contributed by atoms with Crippen molar-refractivity contribution in [2.75, 3.05) is 0 Å². The van der Waals surface area contributed by atoms with Gasteiger partial charge in [-0.1, -0.05) is 0 Å². The number of halogens is 1. The van der Waals surface area contributed by atoms with Crippen molar-refractivity contribution in [3.63, 3.8) is 0 Å². The van der Waals surface area contributed by atoms with Gasteiger partial charge < -0.3 is 4.57 Å². The SMILES string of the molecule is Cc1cnc2c(c1)nc(C(C)Cl)n2Cc1ccc(C)s1. The molecule has 3 aromatic rings. The Bertz CT molecular complexity index is 758. The maximum Gasteiger partial charge on any atom is 0.160 e. The van der Waals surface area contributed by atoms with Gasteiger partial charge in [0.2, 0.25) is 0 Å². The summed E-state index contributed by atoms with van der Waals surface area (Å²) in [5.41, 5.74) is 2.94. The van der Waals surface area contributed by atoms with Gasteiger partial charge in [-0.15, -0.1) is 22.9 Å². The highest BCUT2D eigenvalue weighted by atomic mass is 35.5. The van der Waals surface area contributed by atoms with E-state index in [1.54, 1.807) is 11.3 Å². The Hall–Kier alpha value is -1.39. The molecule has 3 rings (SSSR count). The van der Waals surface area contributed by atoms with Crippen LogP contribution >= 0.6 is 22.9 Å². The van der Waals surface area contributed by atoms with Gasteiger partial charge in [-0.2, -0.15) is 0 Å². The molecule has 0 N–H and O–H groups in total. The first-order valence-corrected chi connectivity index (χ1v) is 7.82. The summed E-state index contributed by atoms with van der Waals surface area (Å²) in [5, 5.41) is -0.134. The maximum atomic E-state index is 6.28. The van der Waals surface area contributed by atoms with Crippen LogP contribution in [0.25, 0.3) is 11.2 Å². The molecule has 104 valence electrons. The van der Waals surface area contributed by atoms with Crippen molar-refractivity contribution in [3.8, 4) is 0 Å². The van der Waals surface area contributed by atoms with Gasteiger partial charge in [0.1, 0.15) is 11.3 Å². The lowest BCUT2D eigenvalue weighted by molar-refractivity contribution is 0.744. The first-order valence-electron chi connectivity index (χ1n) is 6.57. The monoisotopic (exact) mass is 305 g/mol. The van der Waals surface area contributed by atoms with E-state index in [2.05, 4.69) is 39.7 Å². The van der Waals surface area contributed by atoms with Gasteiger partial charge in [-0.25, -0.2) is 9.97 Å². The Balaban J connectivity index is 2.13. The van der Waals surface area contributed by atoms with Crippen molar-refractivity contribution in [2.45, 2.75) is 32.7 Å². The van der Waals surface area contributed by atoms with Crippen molar-refractivity contribution in [3.05, 3.63) is 45.5 Å². The van der Waals surface area contributed by atoms with Gasteiger partial charge >= 0.3 is 0 Å². The van der Waals surface area contributed by atoms with Crippen LogP contribution in [0.4, 0.5) is 0 Å². The van der Waals surface area contributed by atoms with E-state index in [9.17, 15) is 0 Å². The second-order valence-corrected chi connectivity index (χ2v) is 7.07. The standard InChI is InChI=1S/C15H16ClN3S/c1-9-6-13-15(17-7-9)19(14(18-13)11(3)16)8-12-5-4-10(2)20-12/h4-7,11H,8H2,1-3H3. The average molecular weight is 306 g/mol. The summed E-state index contributed by atoms with van der Waals surface area (Å²) in [6, 6.07) is 6.35. The fourth-order valence-corrected chi connectivity index (χ4v) is 3.36. The summed E-state index contributed by atoms with van der Waals surface area (Å²) in [7, 11) is 0. The van der Waals surface area contributed by atoms with Gasteiger partial charge in [0, 0.05) is 16.0 Å². The minimum absolute atomic E-state index is 0.134. The van der Waals surface area contributed by atoms with Gasteiger partial charge in [0.05, 0.1) is 11.9 Å². The largest absolute Gasteiger partial charge is 0.306 e. The zero-order valence-corrected chi connectivity index (χ0v) is 13.3. The van der Waals surface area contributed by atoms with Crippen molar-refractivity contribution in [1.29, 1.82) is 0 Å². The van der Waals surface area contributed by atoms with E-state index in [0.29, 0.717) is 0 Å². The quantitative estimate of drug-likeness (QED) is 0.669. The Kier molecular flexibility index (Phi) is 3.52. The summed E-state index contributed by atoms with van der Waals surface area (Å²) in [4.78, 5) is 11.8. The number of thiophene rings is 1. The lowest BCUT2D eigenvalue weighted by atomic mass is 10.3. The number of hydrogen-bond donors (Lipinski definition) is 0. The third kappa shape index (κ3) is 2.45. The molecule has 0 saturated carbocycles. The zero-order valence-electron chi connectivity index (χ0n) is 11.7. The Morgan fingerprint density at radius 3 is 2.80 bits per heavy atom. The summed E-state index contributed by atoms with van der Waals surface area (Å²) < 4.78 is 2.12. The molecule has 3 heterocycles. The Morgan fingerprint density at radius 2 is 2.15 bits per heavy atom. The fraction of sp³-hybridized carbons (Fsp3) is 0.333. The molecular weight excluding hydrogens is 290 g/mol. The number of imidazole rings is 1. The normalized spacial score (nSPS) is 13.0. The number of aryl methyl sites for hydroxylation is 2. The van der Waals surface area contributed by atoms with Crippen molar-refractivity contribution >= 4 is 34.1 Å². The van der Waals surface area contributed by atoms with Gasteiger partial charge in [-0.05, 0) is 44.5 Å². The van der Waals surface area contributed by atoms with Gasteiger partial charge in [-0.3, -0.25) is 0 Å². The summed E-state index contributed by atoms with van der Waals surface area (Å²) >= 11 is 8.08. The van der Waals surface area contributed by atoms with Crippen molar-refractivity contribution < 1.29 is 0 Å².